The lowest BCUT2D eigenvalue weighted by Gasteiger charge is -2.33. The summed E-state index contributed by atoms with van der Waals surface area (Å²) in [4.78, 5) is 4.34. The summed E-state index contributed by atoms with van der Waals surface area (Å²) >= 11 is 0. The van der Waals surface area contributed by atoms with Crippen LogP contribution in [0.1, 0.15) is 45.7 Å². The van der Waals surface area contributed by atoms with Crippen LogP contribution in [0.4, 0.5) is 0 Å². The first-order valence-electron chi connectivity index (χ1n) is 8.30. The zero-order chi connectivity index (χ0) is 15.9. The normalized spacial score (nSPS) is 19.3. The van der Waals surface area contributed by atoms with Crippen LogP contribution in [0.3, 0.4) is 0 Å². The first-order valence-corrected chi connectivity index (χ1v) is 8.30. The van der Waals surface area contributed by atoms with Crippen molar-refractivity contribution < 1.29 is 5.11 Å². The lowest BCUT2D eigenvalue weighted by molar-refractivity contribution is 0.0364. The summed E-state index contributed by atoms with van der Waals surface area (Å²) in [5.74, 6) is 1.01. The summed E-state index contributed by atoms with van der Waals surface area (Å²) in [6, 6.07) is 8.73. The quantitative estimate of drug-likeness (QED) is 0.901. The number of hydrogen-bond donors (Lipinski definition) is 1. The van der Waals surface area contributed by atoms with Gasteiger partial charge < -0.3 is 9.67 Å². The Bertz CT molecular complexity index is 644. The molecule has 0 bridgehead atoms. The topological polar surface area (TPSA) is 38.0 Å². The predicted molar refractivity (Wildman–Crippen MR) is 89.6 cm³/mol. The number of aromatic nitrogens is 2. The van der Waals surface area contributed by atoms with Gasteiger partial charge in [-0.05, 0) is 23.8 Å². The molecule has 3 nitrogen and oxygen atoms in total. The number of aliphatic hydroxyl groups excluding tert-OH is 1. The molecule has 3 rings (SSSR count). The van der Waals surface area contributed by atoms with Crippen LogP contribution in [0.5, 0.6) is 0 Å². The van der Waals surface area contributed by atoms with Crippen molar-refractivity contribution in [2.75, 3.05) is 0 Å². The van der Waals surface area contributed by atoms with Crippen LogP contribution >= 0.6 is 0 Å². The first kappa shape index (κ1) is 15.3. The number of nitrogens with zero attached hydrogens (tertiary/aromatic N) is 2. The second-order valence-electron chi connectivity index (χ2n) is 7.25. The van der Waals surface area contributed by atoms with Gasteiger partial charge in [0.25, 0.3) is 0 Å². The lowest BCUT2D eigenvalue weighted by Crippen LogP contribution is -2.34. The van der Waals surface area contributed by atoms with E-state index >= 15 is 0 Å². The van der Waals surface area contributed by atoms with Gasteiger partial charge in [-0.1, -0.05) is 52.0 Å². The van der Waals surface area contributed by atoms with Crippen LogP contribution in [0.15, 0.2) is 36.8 Å². The zero-order valence-electron chi connectivity index (χ0n) is 13.9. The maximum absolute atomic E-state index is 10.9. The molecule has 2 unspecified atom stereocenters. The number of imidazole rings is 1. The number of hydrogen-bond acceptors (Lipinski definition) is 2. The van der Waals surface area contributed by atoms with Crippen molar-refractivity contribution in [2.45, 2.75) is 46.3 Å². The van der Waals surface area contributed by atoms with E-state index in [4.69, 9.17) is 0 Å². The molecule has 3 atom stereocenters. The van der Waals surface area contributed by atoms with E-state index < -0.39 is 0 Å². The monoisotopic (exact) mass is 298 g/mol. The van der Waals surface area contributed by atoms with Crippen LogP contribution in [0, 0.1) is 17.8 Å². The van der Waals surface area contributed by atoms with Crippen LogP contribution in [-0.2, 0) is 0 Å². The van der Waals surface area contributed by atoms with Gasteiger partial charge in [0, 0.05) is 11.5 Å². The molecule has 1 aromatic heterocycles. The van der Waals surface area contributed by atoms with Crippen molar-refractivity contribution in [3.05, 3.63) is 42.4 Å². The molecule has 0 radical (unpaired) electrons. The van der Waals surface area contributed by atoms with E-state index in [1.165, 1.54) is 16.8 Å². The predicted octanol–water partition coefficient (Wildman–Crippen LogP) is 4.13. The molecule has 0 fully saturated rings. The van der Waals surface area contributed by atoms with Gasteiger partial charge in [-0.3, -0.25) is 0 Å². The highest BCUT2D eigenvalue weighted by Crippen LogP contribution is 2.46. The molecule has 3 heteroatoms. The summed E-state index contributed by atoms with van der Waals surface area (Å²) in [5.41, 5.74) is 3.75. The van der Waals surface area contributed by atoms with Gasteiger partial charge >= 0.3 is 0 Å². The van der Waals surface area contributed by atoms with E-state index in [0.717, 1.165) is 6.42 Å². The summed E-state index contributed by atoms with van der Waals surface area (Å²) in [6.07, 6.45) is 4.55. The minimum atomic E-state index is -0.311. The molecule has 2 aromatic rings. The van der Waals surface area contributed by atoms with E-state index in [-0.39, 0.29) is 24.0 Å². The van der Waals surface area contributed by atoms with Crippen molar-refractivity contribution in [3.63, 3.8) is 0 Å². The highest BCUT2D eigenvalue weighted by molar-refractivity contribution is 5.69. The van der Waals surface area contributed by atoms with Crippen molar-refractivity contribution in [1.29, 1.82) is 0 Å². The molecule has 0 saturated carbocycles. The minimum absolute atomic E-state index is 0.188. The van der Waals surface area contributed by atoms with Gasteiger partial charge in [-0.2, -0.15) is 0 Å². The fraction of sp³-hybridized carbons (Fsp3) is 0.526. The molecular formula is C19H26N2O. The van der Waals surface area contributed by atoms with Gasteiger partial charge in [0.15, 0.2) is 0 Å². The summed E-state index contributed by atoms with van der Waals surface area (Å²) in [6.45, 7) is 8.67. The van der Waals surface area contributed by atoms with Gasteiger partial charge in [0.2, 0.25) is 0 Å². The highest BCUT2D eigenvalue weighted by atomic mass is 16.3. The Labute approximate surface area is 133 Å². The number of aliphatic hydroxyl groups is 1. The first-order chi connectivity index (χ1) is 10.5. The largest absolute Gasteiger partial charge is 0.392 e. The smallest absolute Gasteiger partial charge is 0.0956 e. The van der Waals surface area contributed by atoms with Gasteiger partial charge in [-0.15, -0.1) is 0 Å². The van der Waals surface area contributed by atoms with Crippen molar-refractivity contribution >= 4 is 0 Å². The molecule has 118 valence electrons. The van der Waals surface area contributed by atoms with E-state index in [0.29, 0.717) is 5.92 Å². The molecule has 1 aliphatic heterocycles. The Morgan fingerprint density at radius 1 is 1.18 bits per heavy atom. The van der Waals surface area contributed by atoms with Crippen LogP contribution in [0.25, 0.3) is 11.3 Å². The van der Waals surface area contributed by atoms with Gasteiger partial charge in [-0.25, -0.2) is 4.98 Å². The minimum Gasteiger partial charge on any atom is -0.392 e. The van der Waals surface area contributed by atoms with Crippen LogP contribution < -0.4 is 0 Å². The van der Waals surface area contributed by atoms with E-state index in [2.05, 4.69) is 61.5 Å². The molecule has 0 saturated heterocycles. The zero-order valence-corrected chi connectivity index (χ0v) is 13.9. The molecule has 0 amide bonds. The average molecular weight is 298 g/mol. The van der Waals surface area contributed by atoms with Crippen molar-refractivity contribution in [3.8, 4) is 11.3 Å². The molecule has 1 aromatic carbocycles. The summed E-state index contributed by atoms with van der Waals surface area (Å²) < 4.78 is 2.25. The molecule has 0 spiro atoms. The fourth-order valence-electron chi connectivity index (χ4n) is 3.80. The van der Waals surface area contributed by atoms with Crippen LogP contribution in [-0.4, -0.2) is 20.8 Å². The summed E-state index contributed by atoms with van der Waals surface area (Å²) in [7, 11) is 0. The Hall–Kier alpha value is -1.61. The highest BCUT2D eigenvalue weighted by Gasteiger charge is 2.38. The van der Waals surface area contributed by atoms with E-state index in [1.807, 2.05) is 12.5 Å². The maximum Gasteiger partial charge on any atom is 0.0956 e. The lowest BCUT2D eigenvalue weighted by atomic mass is 9.79. The second kappa shape index (κ2) is 5.88. The number of benzene rings is 1. The molecular weight excluding hydrogens is 272 g/mol. The maximum atomic E-state index is 10.9. The Balaban J connectivity index is 2.08. The second-order valence-corrected chi connectivity index (χ2v) is 7.25. The fourth-order valence-corrected chi connectivity index (χ4v) is 3.80. The third-order valence-corrected chi connectivity index (χ3v) is 4.79. The Morgan fingerprint density at radius 2 is 1.91 bits per heavy atom. The molecule has 2 heterocycles. The molecule has 22 heavy (non-hydrogen) atoms. The van der Waals surface area contributed by atoms with E-state index in [9.17, 15) is 5.11 Å². The summed E-state index contributed by atoms with van der Waals surface area (Å²) in [5, 5.41) is 10.9. The van der Waals surface area contributed by atoms with Crippen molar-refractivity contribution in [2.24, 2.45) is 17.8 Å². The third kappa shape index (κ3) is 2.48. The number of rotatable bonds is 5. The number of fused-ring (bicyclic) bond motifs is 3. The Kier molecular flexibility index (Phi) is 4.09. The molecule has 0 aliphatic carbocycles. The van der Waals surface area contributed by atoms with Gasteiger partial charge in [0.05, 0.1) is 30.4 Å². The van der Waals surface area contributed by atoms with Crippen molar-refractivity contribution in [1.82, 2.24) is 9.55 Å². The molecule has 1 aliphatic rings. The standard InChI is InChI=1S/C19H26N2O/c1-12(2)9-16(19(22)13(3)4)18-15-8-6-5-7-14(15)17-10-20-11-21(17)18/h5-8,10-13,16,18-19,22H,9H2,1-4H3/t16?,18?,19-/m1/s1. The third-order valence-electron chi connectivity index (χ3n) is 4.79. The molecule has 1 N–H and O–H groups in total. The van der Waals surface area contributed by atoms with Gasteiger partial charge in [0.1, 0.15) is 0 Å². The Morgan fingerprint density at radius 3 is 2.59 bits per heavy atom. The van der Waals surface area contributed by atoms with Crippen LogP contribution in [0.2, 0.25) is 0 Å². The average Bonchev–Trinajstić information content (AvgIpc) is 3.04. The SMILES string of the molecule is CC(C)CC(C1c2ccccc2-c2cncn21)[C@H](O)C(C)C. The van der Waals surface area contributed by atoms with E-state index in [1.54, 1.807) is 0 Å².